The normalized spacial score (nSPS) is 11.7. The molecular formula is C33H62NNa2O9P. The average Bonchev–Trinajstić information content (AvgIpc) is 2.96. The van der Waals surface area contributed by atoms with E-state index in [-0.39, 0.29) is 84.5 Å². The van der Waals surface area contributed by atoms with Gasteiger partial charge in [0, 0.05) is 26.3 Å². The minimum absolute atomic E-state index is 0. The van der Waals surface area contributed by atoms with E-state index in [0.717, 1.165) is 64.3 Å². The van der Waals surface area contributed by atoms with E-state index in [1.807, 2.05) is 0 Å². The largest absolute Gasteiger partial charge is 1.00 e. The van der Waals surface area contributed by atoms with Gasteiger partial charge in [0.2, 0.25) is 5.91 Å². The van der Waals surface area contributed by atoms with Crippen LogP contribution in [0.4, 0.5) is 0 Å². The van der Waals surface area contributed by atoms with Gasteiger partial charge in [-0.1, -0.05) is 129 Å². The fourth-order valence-electron chi connectivity index (χ4n) is 4.98. The topological polar surface area (TPSA) is 154 Å². The molecule has 0 rings (SSSR count). The Bertz CT molecular complexity index is 771. The summed E-state index contributed by atoms with van der Waals surface area (Å²) in [6, 6.07) is 0. The van der Waals surface area contributed by atoms with Crippen LogP contribution in [0.15, 0.2) is 0 Å². The van der Waals surface area contributed by atoms with Crippen LogP contribution in [-0.4, -0.2) is 43.7 Å². The number of ether oxygens (including phenoxy) is 2. The second-order valence-electron chi connectivity index (χ2n) is 11.9. The number of carbonyl (C=O) groups is 3. The van der Waals surface area contributed by atoms with E-state index >= 15 is 0 Å². The molecule has 0 aliphatic heterocycles. The minimum Gasteiger partial charge on any atom is -0.790 e. The second kappa shape index (κ2) is 36.8. The summed E-state index contributed by atoms with van der Waals surface area (Å²) in [5.41, 5.74) is 0. The quantitative estimate of drug-likeness (QED) is 0.0467. The fraction of sp³-hybridized carbons (Fsp3) is 0.909. The number of phosphoric ester groups is 1. The molecule has 1 N–H and O–H groups in total. The number of hydrogen-bond donors (Lipinski definition) is 1. The van der Waals surface area contributed by atoms with E-state index in [4.69, 9.17) is 9.47 Å². The third kappa shape index (κ3) is 40.7. The van der Waals surface area contributed by atoms with E-state index in [1.165, 1.54) is 77.6 Å². The molecule has 13 heteroatoms. The van der Waals surface area contributed by atoms with Gasteiger partial charge in [-0.3, -0.25) is 14.4 Å². The maximum Gasteiger partial charge on any atom is 1.00 e. The van der Waals surface area contributed by atoms with Crippen LogP contribution in [0, 0.1) is 0 Å². The molecule has 0 saturated carbocycles. The van der Waals surface area contributed by atoms with Gasteiger partial charge in [-0.05, 0) is 19.3 Å². The van der Waals surface area contributed by atoms with E-state index in [0.29, 0.717) is 12.8 Å². The Hall–Kier alpha value is 0.520. The molecule has 0 bridgehead atoms. The van der Waals surface area contributed by atoms with Crippen molar-refractivity contribution in [2.24, 2.45) is 0 Å². The Kier molecular flexibility index (Phi) is 40.7. The molecule has 0 radical (unpaired) electrons. The molecule has 0 aliphatic carbocycles. The van der Waals surface area contributed by atoms with Crippen molar-refractivity contribution in [1.29, 1.82) is 0 Å². The first kappa shape index (κ1) is 50.9. The second-order valence-corrected chi connectivity index (χ2v) is 13.1. The van der Waals surface area contributed by atoms with Crippen molar-refractivity contribution in [2.75, 3.05) is 19.8 Å². The summed E-state index contributed by atoms with van der Waals surface area (Å²) in [4.78, 5) is 57.0. The van der Waals surface area contributed by atoms with Crippen LogP contribution in [0.5, 0.6) is 0 Å². The Morgan fingerprint density at radius 1 is 0.609 bits per heavy atom. The Morgan fingerprint density at radius 3 is 1.41 bits per heavy atom. The zero-order chi connectivity index (χ0) is 32.7. The maximum atomic E-state index is 12.3. The first-order chi connectivity index (χ1) is 21.1. The molecule has 0 unspecified atom stereocenters. The zero-order valence-electron chi connectivity index (χ0n) is 29.8. The number of rotatable bonds is 32. The Morgan fingerprint density at radius 2 is 1.00 bits per heavy atom. The number of phosphoric acid groups is 1. The first-order valence-corrected chi connectivity index (χ1v) is 18.9. The molecular weight excluding hydrogens is 631 g/mol. The number of amides is 1. The average molecular weight is 694 g/mol. The number of nitrogens with one attached hydrogen (secondary N) is 1. The van der Waals surface area contributed by atoms with E-state index in [2.05, 4.69) is 16.8 Å². The molecule has 0 aromatic carbocycles. The van der Waals surface area contributed by atoms with E-state index in [9.17, 15) is 28.7 Å². The van der Waals surface area contributed by atoms with Gasteiger partial charge in [0.05, 0.1) is 14.4 Å². The predicted molar refractivity (Wildman–Crippen MR) is 170 cm³/mol. The number of esters is 2. The molecule has 10 nitrogen and oxygen atoms in total. The fourth-order valence-corrected chi connectivity index (χ4v) is 5.33. The summed E-state index contributed by atoms with van der Waals surface area (Å²) in [7, 11) is -5.25. The van der Waals surface area contributed by atoms with Crippen LogP contribution in [0.3, 0.4) is 0 Å². The molecule has 0 aromatic rings. The molecule has 0 aliphatic rings. The van der Waals surface area contributed by atoms with Gasteiger partial charge < -0.3 is 33.7 Å². The smallest absolute Gasteiger partial charge is 0.790 e. The summed E-state index contributed by atoms with van der Waals surface area (Å²) in [6.45, 7) is 3.48. The van der Waals surface area contributed by atoms with Gasteiger partial charge in [-0.15, -0.1) is 0 Å². The van der Waals surface area contributed by atoms with Gasteiger partial charge >= 0.3 is 71.1 Å². The van der Waals surface area contributed by atoms with Crippen molar-refractivity contribution in [2.45, 2.75) is 174 Å². The molecule has 1 atom stereocenters. The standard InChI is InChI=1S/C33H64NO9P.2Na/c1-3-4-5-6-7-8-9-10-14-17-20-23-26-33(37)43-31(29-42-44(38,39)40)28-41-32(36)25-22-19-16-13-11-12-15-18-21-24-27-34-30(2)35;;/h31H,3-29H2,1-2H3,(H,34,35)(H2,38,39,40);;/q;2*+1/p-2/t31-;;/m0../s1. The van der Waals surface area contributed by atoms with E-state index < -0.39 is 32.5 Å². The SMILES string of the molecule is CCCCCCCCCCCCCCC(=O)O[C@@H](COC(=O)CCCCCCCCCCCCNC(C)=O)COP(=O)([O-])[O-].[Na+].[Na+]. The Labute approximate surface area is 324 Å². The van der Waals surface area contributed by atoms with Crippen LogP contribution in [0.2, 0.25) is 0 Å². The molecule has 1 amide bonds. The molecule has 0 aromatic heterocycles. The summed E-state index contributed by atoms with van der Waals surface area (Å²) in [5.74, 6) is -0.969. The number of carbonyl (C=O) groups excluding carboxylic acids is 3. The van der Waals surface area contributed by atoms with Crippen molar-refractivity contribution in [3.63, 3.8) is 0 Å². The first-order valence-electron chi connectivity index (χ1n) is 17.4. The molecule has 46 heavy (non-hydrogen) atoms. The van der Waals surface area contributed by atoms with Crippen LogP contribution < -0.4 is 74.2 Å². The van der Waals surface area contributed by atoms with Crippen molar-refractivity contribution < 1.29 is 102 Å². The van der Waals surface area contributed by atoms with Crippen molar-refractivity contribution in [3.05, 3.63) is 0 Å². The van der Waals surface area contributed by atoms with Gasteiger partial charge in [-0.2, -0.15) is 0 Å². The third-order valence-electron chi connectivity index (χ3n) is 7.56. The van der Waals surface area contributed by atoms with Crippen LogP contribution >= 0.6 is 7.82 Å². The van der Waals surface area contributed by atoms with Crippen molar-refractivity contribution in [1.82, 2.24) is 5.32 Å². The van der Waals surface area contributed by atoms with E-state index in [1.54, 1.807) is 0 Å². The summed E-state index contributed by atoms with van der Waals surface area (Å²) in [5, 5.41) is 2.81. The third-order valence-corrected chi connectivity index (χ3v) is 8.03. The molecule has 0 heterocycles. The zero-order valence-corrected chi connectivity index (χ0v) is 34.7. The maximum absolute atomic E-state index is 12.3. The summed E-state index contributed by atoms with van der Waals surface area (Å²) < 4.78 is 25.6. The van der Waals surface area contributed by atoms with Gasteiger partial charge in [0.15, 0.2) is 6.10 Å². The molecule has 0 saturated heterocycles. The van der Waals surface area contributed by atoms with Gasteiger partial charge in [-0.25, -0.2) is 0 Å². The monoisotopic (exact) mass is 693 g/mol. The van der Waals surface area contributed by atoms with Gasteiger partial charge in [0.25, 0.3) is 0 Å². The van der Waals surface area contributed by atoms with Crippen molar-refractivity contribution >= 4 is 25.7 Å². The summed E-state index contributed by atoms with van der Waals surface area (Å²) in [6.07, 6.45) is 23.9. The summed E-state index contributed by atoms with van der Waals surface area (Å²) >= 11 is 0. The number of hydrogen-bond acceptors (Lipinski definition) is 9. The van der Waals surface area contributed by atoms with Crippen LogP contribution in [0.25, 0.3) is 0 Å². The number of unbranched alkanes of at least 4 members (excludes halogenated alkanes) is 20. The molecule has 0 spiro atoms. The van der Waals surface area contributed by atoms with Gasteiger partial charge in [0.1, 0.15) is 6.61 Å². The minimum atomic E-state index is -5.25. The molecule has 260 valence electrons. The van der Waals surface area contributed by atoms with Crippen molar-refractivity contribution in [3.8, 4) is 0 Å². The Balaban J connectivity index is -0.00000924. The van der Waals surface area contributed by atoms with Crippen LogP contribution in [-0.2, 0) is 32.9 Å². The predicted octanol–water partition coefficient (Wildman–Crippen LogP) is 0.813. The molecule has 0 fully saturated rings. The van der Waals surface area contributed by atoms with Crippen LogP contribution in [0.1, 0.15) is 168 Å².